The minimum Gasteiger partial charge on any atom is -0.379 e. The van der Waals surface area contributed by atoms with Crippen molar-refractivity contribution >= 4 is 31.5 Å². The number of alkyl halides is 1. The van der Waals surface area contributed by atoms with Crippen molar-refractivity contribution < 1.29 is 21.6 Å². The minimum absolute atomic E-state index is 0.114. The van der Waals surface area contributed by atoms with Gasteiger partial charge in [-0.15, -0.1) is 11.6 Å². The van der Waals surface area contributed by atoms with Crippen LogP contribution in [0.5, 0.6) is 0 Å². The second-order valence-electron chi connectivity index (χ2n) is 3.14. The molecule has 0 rings (SSSR count). The summed E-state index contributed by atoms with van der Waals surface area (Å²) in [6.45, 7) is 0.681. The predicted molar refractivity (Wildman–Crippen MR) is 63.0 cm³/mol. The molecule has 0 aliphatic rings. The molecule has 0 aliphatic carbocycles. The van der Waals surface area contributed by atoms with E-state index in [-0.39, 0.29) is 18.9 Å². The van der Waals surface area contributed by atoms with Crippen molar-refractivity contribution in [3.05, 3.63) is 0 Å². The van der Waals surface area contributed by atoms with Gasteiger partial charge in [-0.2, -0.15) is 0 Å². The van der Waals surface area contributed by atoms with E-state index in [9.17, 15) is 16.8 Å². The average molecular weight is 294 g/mol. The Morgan fingerprint density at radius 3 is 2.25 bits per heavy atom. The molecule has 98 valence electrons. The minimum atomic E-state index is -3.54. The Morgan fingerprint density at radius 1 is 1.12 bits per heavy atom. The Kier molecular flexibility index (Phi) is 7.49. The molecular formula is C7H16ClNO5S2. The number of ether oxygens (including phenoxy) is 1. The molecule has 16 heavy (non-hydrogen) atoms. The van der Waals surface area contributed by atoms with Crippen LogP contribution in [0.25, 0.3) is 0 Å². The molecule has 0 unspecified atom stereocenters. The van der Waals surface area contributed by atoms with Crippen LogP contribution in [0.4, 0.5) is 0 Å². The standard InChI is InChI=1S/C7H16ClNO5S2/c1-15(10,11)6-7-16(12,13)9-3-5-14-4-2-8/h9H,2-7H2,1H3. The first-order chi connectivity index (χ1) is 7.27. The summed E-state index contributed by atoms with van der Waals surface area (Å²) < 4.78 is 51.2. The van der Waals surface area contributed by atoms with Crippen LogP contribution in [0.1, 0.15) is 0 Å². The molecule has 9 heteroatoms. The van der Waals surface area contributed by atoms with E-state index in [1.165, 1.54) is 0 Å². The van der Waals surface area contributed by atoms with Crippen molar-refractivity contribution in [1.29, 1.82) is 0 Å². The first kappa shape index (κ1) is 16.1. The van der Waals surface area contributed by atoms with Crippen LogP contribution in [0.2, 0.25) is 0 Å². The van der Waals surface area contributed by atoms with Crippen molar-refractivity contribution in [3.63, 3.8) is 0 Å². The van der Waals surface area contributed by atoms with Crippen LogP contribution in [-0.2, 0) is 24.6 Å². The van der Waals surface area contributed by atoms with E-state index < -0.39 is 25.6 Å². The summed E-state index contributed by atoms with van der Waals surface area (Å²) >= 11 is 5.34. The molecule has 0 bridgehead atoms. The third kappa shape index (κ3) is 10.6. The summed E-state index contributed by atoms with van der Waals surface area (Å²) in [6, 6.07) is 0. The quantitative estimate of drug-likeness (QED) is 0.444. The third-order valence-corrected chi connectivity index (χ3v) is 4.26. The molecule has 1 N–H and O–H groups in total. The van der Waals surface area contributed by atoms with E-state index in [1.807, 2.05) is 0 Å². The Bertz CT molecular complexity index is 378. The van der Waals surface area contributed by atoms with E-state index in [2.05, 4.69) is 4.72 Å². The molecule has 0 aromatic carbocycles. The zero-order chi connectivity index (χ0) is 12.7. The highest BCUT2D eigenvalue weighted by Crippen LogP contribution is 1.89. The first-order valence-electron chi connectivity index (χ1n) is 4.55. The molecule has 0 saturated heterocycles. The van der Waals surface area contributed by atoms with Gasteiger partial charge in [-0.25, -0.2) is 21.6 Å². The Balaban J connectivity index is 3.80. The van der Waals surface area contributed by atoms with E-state index in [0.717, 1.165) is 6.26 Å². The average Bonchev–Trinajstić information content (AvgIpc) is 2.14. The molecule has 0 atom stereocenters. The zero-order valence-corrected chi connectivity index (χ0v) is 11.4. The van der Waals surface area contributed by atoms with Crippen molar-refractivity contribution in [2.24, 2.45) is 0 Å². The molecule has 0 aliphatic heterocycles. The van der Waals surface area contributed by atoms with Crippen molar-refractivity contribution in [3.8, 4) is 0 Å². The number of sulfonamides is 1. The predicted octanol–water partition coefficient (Wildman–Crippen LogP) is -0.794. The summed E-state index contributed by atoms with van der Waals surface area (Å²) in [4.78, 5) is 0. The van der Waals surface area contributed by atoms with Crippen molar-refractivity contribution in [2.45, 2.75) is 0 Å². The topological polar surface area (TPSA) is 89.5 Å². The monoisotopic (exact) mass is 293 g/mol. The number of hydrogen-bond donors (Lipinski definition) is 1. The molecule has 0 aromatic heterocycles. The van der Waals surface area contributed by atoms with E-state index in [1.54, 1.807) is 0 Å². The summed E-state index contributed by atoms with van der Waals surface area (Å²) in [6.07, 6.45) is 0.992. The SMILES string of the molecule is CS(=O)(=O)CCS(=O)(=O)NCCOCCCl. The summed E-state index contributed by atoms with van der Waals surface area (Å²) in [5, 5.41) is 0. The maximum atomic E-state index is 11.3. The van der Waals surface area contributed by atoms with Crippen LogP contribution >= 0.6 is 11.6 Å². The van der Waals surface area contributed by atoms with Gasteiger partial charge in [0.2, 0.25) is 10.0 Å². The first-order valence-corrected chi connectivity index (χ1v) is 8.80. The van der Waals surface area contributed by atoms with Crippen molar-refractivity contribution in [2.75, 3.05) is 43.4 Å². The summed E-state index contributed by atoms with van der Waals surface area (Å²) in [5.41, 5.74) is 0. The fraction of sp³-hybridized carbons (Fsp3) is 1.00. The van der Waals surface area contributed by atoms with Gasteiger partial charge in [-0.3, -0.25) is 0 Å². The van der Waals surface area contributed by atoms with Crippen LogP contribution in [0.15, 0.2) is 0 Å². The number of rotatable bonds is 9. The normalized spacial score (nSPS) is 12.9. The summed E-state index contributed by atoms with van der Waals surface area (Å²) in [5.74, 6) is -0.465. The smallest absolute Gasteiger partial charge is 0.212 e. The highest BCUT2D eigenvalue weighted by atomic mass is 35.5. The second-order valence-corrected chi connectivity index (χ2v) is 7.71. The number of nitrogens with one attached hydrogen (secondary N) is 1. The van der Waals surface area contributed by atoms with Gasteiger partial charge in [0.05, 0.1) is 24.7 Å². The highest BCUT2D eigenvalue weighted by Gasteiger charge is 2.13. The molecule has 0 radical (unpaired) electrons. The lowest BCUT2D eigenvalue weighted by atomic mass is 10.7. The van der Waals surface area contributed by atoms with Crippen LogP contribution in [0, 0.1) is 0 Å². The highest BCUT2D eigenvalue weighted by molar-refractivity contribution is 7.93. The molecule has 0 amide bonds. The lowest BCUT2D eigenvalue weighted by Crippen LogP contribution is -2.32. The lowest BCUT2D eigenvalue weighted by molar-refractivity contribution is 0.155. The van der Waals surface area contributed by atoms with Gasteiger partial charge in [0, 0.05) is 18.7 Å². The maximum Gasteiger partial charge on any atom is 0.212 e. The Hall–Kier alpha value is 0.110. The van der Waals surface area contributed by atoms with Gasteiger partial charge < -0.3 is 4.74 Å². The van der Waals surface area contributed by atoms with Gasteiger partial charge in [-0.05, 0) is 0 Å². The van der Waals surface area contributed by atoms with E-state index >= 15 is 0 Å². The fourth-order valence-electron chi connectivity index (χ4n) is 0.759. The van der Waals surface area contributed by atoms with Gasteiger partial charge >= 0.3 is 0 Å². The van der Waals surface area contributed by atoms with Gasteiger partial charge in [0.1, 0.15) is 9.84 Å². The van der Waals surface area contributed by atoms with Crippen LogP contribution in [-0.4, -0.2) is 60.2 Å². The Morgan fingerprint density at radius 2 is 1.75 bits per heavy atom. The summed E-state index contributed by atoms with van der Waals surface area (Å²) in [7, 11) is -6.81. The van der Waals surface area contributed by atoms with E-state index in [0.29, 0.717) is 12.5 Å². The molecule has 0 aromatic rings. The van der Waals surface area contributed by atoms with Gasteiger partial charge in [0.25, 0.3) is 0 Å². The van der Waals surface area contributed by atoms with Crippen LogP contribution < -0.4 is 4.72 Å². The number of hydrogen-bond acceptors (Lipinski definition) is 5. The molecule has 6 nitrogen and oxygen atoms in total. The third-order valence-electron chi connectivity index (χ3n) is 1.51. The largest absolute Gasteiger partial charge is 0.379 e. The molecular weight excluding hydrogens is 278 g/mol. The van der Waals surface area contributed by atoms with Crippen molar-refractivity contribution in [1.82, 2.24) is 4.72 Å². The molecule has 0 saturated carbocycles. The van der Waals surface area contributed by atoms with E-state index in [4.69, 9.17) is 16.3 Å². The zero-order valence-electron chi connectivity index (χ0n) is 8.98. The molecule has 0 spiro atoms. The van der Waals surface area contributed by atoms with Gasteiger partial charge in [0.15, 0.2) is 0 Å². The Labute approximate surface area is 101 Å². The van der Waals surface area contributed by atoms with Crippen LogP contribution in [0.3, 0.4) is 0 Å². The number of sulfone groups is 1. The second kappa shape index (κ2) is 7.44. The molecule has 0 heterocycles. The lowest BCUT2D eigenvalue weighted by Gasteiger charge is -2.06. The fourth-order valence-corrected chi connectivity index (χ4v) is 3.50. The van der Waals surface area contributed by atoms with Gasteiger partial charge in [-0.1, -0.05) is 0 Å². The molecule has 0 fully saturated rings. The maximum absolute atomic E-state index is 11.3. The number of halogens is 1.